The fourth-order valence-electron chi connectivity index (χ4n) is 1.42. The van der Waals surface area contributed by atoms with Gasteiger partial charge in [0.2, 0.25) is 0 Å². The number of carbonyl (C=O) groups is 1. The van der Waals surface area contributed by atoms with Gasteiger partial charge in [0.1, 0.15) is 0 Å². The number of rotatable bonds is 5. The van der Waals surface area contributed by atoms with Crippen LogP contribution in [0.5, 0.6) is 0 Å². The first-order valence-corrected chi connectivity index (χ1v) is 7.13. The van der Waals surface area contributed by atoms with Crippen molar-refractivity contribution in [3.8, 4) is 0 Å². The van der Waals surface area contributed by atoms with Crippen LogP contribution >= 0.6 is 31.9 Å². The van der Waals surface area contributed by atoms with Crippen LogP contribution < -0.4 is 5.32 Å². The zero-order valence-corrected chi connectivity index (χ0v) is 13.5. The van der Waals surface area contributed by atoms with Gasteiger partial charge in [0.25, 0.3) is 0 Å². The molecule has 0 heterocycles. The smallest absolute Gasteiger partial charge is 0.333 e. The average Bonchev–Trinajstić information content (AvgIpc) is 2.37. The summed E-state index contributed by atoms with van der Waals surface area (Å²) in [6.45, 7) is 2.51. The highest BCUT2D eigenvalue weighted by Crippen LogP contribution is 2.25. The molecule has 1 rings (SSSR count). The zero-order valence-electron chi connectivity index (χ0n) is 10.3. The Balaban J connectivity index is 2.67. The van der Waals surface area contributed by atoms with E-state index in [2.05, 4.69) is 37.2 Å². The number of carbonyl (C=O) groups excluding carboxylic acids is 1. The van der Waals surface area contributed by atoms with E-state index in [1.54, 1.807) is 0 Å². The van der Waals surface area contributed by atoms with E-state index in [-0.39, 0.29) is 5.97 Å². The quantitative estimate of drug-likeness (QED) is 0.620. The van der Waals surface area contributed by atoms with E-state index in [9.17, 15) is 4.79 Å². The Morgan fingerprint density at radius 2 is 2.17 bits per heavy atom. The monoisotopic (exact) mass is 375 g/mol. The van der Waals surface area contributed by atoms with Gasteiger partial charge in [-0.3, -0.25) is 0 Å². The first-order valence-electron chi connectivity index (χ1n) is 5.54. The minimum atomic E-state index is -0.271. The van der Waals surface area contributed by atoms with Crippen LogP contribution in [0.2, 0.25) is 0 Å². The van der Waals surface area contributed by atoms with E-state index >= 15 is 0 Å². The maximum Gasteiger partial charge on any atom is 0.333 e. The first-order chi connectivity index (χ1) is 8.58. The summed E-state index contributed by atoms with van der Waals surface area (Å²) in [5.41, 5.74) is 1.65. The summed E-state index contributed by atoms with van der Waals surface area (Å²) in [4.78, 5) is 11.4. The molecule has 0 aliphatic rings. The molecule has 0 bridgehead atoms. The molecule has 0 radical (unpaired) electrons. The maximum atomic E-state index is 11.4. The Bertz CT molecular complexity index is 458. The molecule has 0 aromatic heterocycles. The normalized spacial score (nSPS) is 11.2. The largest absolute Gasteiger partial charge is 0.466 e. The number of hydrogen-bond acceptors (Lipinski definition) is 3. The van der Waals surface area contributed by atoms with Gasteiger partial charge in [-0.1, -0.05) is 28.9 Å². The molecule has 0 fully saturated rings. The molecule has 3 nitrogen and oxygen atoms in total. The summed E-state index contributed by atoms with van der Waals surface area (Å²) in [5, 5.41) is 3.24. The van der Waals surface area contributed by atoms with Gasteiger partial charge in [0.05, 0.1) is 7.11 Å². The van der Waals surface area contributed by atoms with Crippen LogP contribution in [0.4, 0.5) is 5.69 Å². The Morgan fingerprint density at radius 1 is 1.44 bits per heavy atom. The minimum absolute atomic E-state index is 0.271. The van der Waals surface area contributed by atoms with Gasteiger partial charge in [-0.25, -0.2) is 4.79 Å². The van der Waals surface area contributed by atoms with Crippen LogP contribution in [-0.2, 0) is 9.53 Å². The third kappa shape index (κ3) is 4.46. The fraction of sp³-hybridized carbons (Fsp3) is 0.308. The predicted octanol–water partition coefficient (Wildman–Crippen LogP) is 4.13. The number of anilines is 1. The Kier molecular flexibility index (Phi) is 6.43. The number of nitrogens with one attached hydrogen (secondary N) is 1. The minimum Gasteiger partial charge on any atom is -0.466 e. The standard InChI is InChI=1S/C13H15Br2NO2/c1-3-9(13(17)18-2)6-7-16-12-8-10(14)4-5-11(12)15/h4-6,8,16H,3,7H2,1-2H3/b9-6-. The van der Waals surface area contributed by atoms with E-state index in [1.165, 1.54) is 7.11 Å². The number of ether oxygens (including phenoxy) is 1. The molecule has 1 N–H and O–H groups in total. The van der Waals surface area contributed by atoms with Crippen LogP contribution in [-0.4, -0.2) is 19.6 Å². The van der Waals surface area contributed by atoms with E-state index < -0.39 is 0 Å². The topological polar surface area (TPSA) is 38.3 Å². The SMILES string of the molecule is CC/C(=C/CNc1cc(Br)ccc1Br)C(=O)OC. The van der Waals surface area contributed by atoms with Gasteiger partial charge < -0.3 is 10.1 Å². The van der Waals surface area contributed by atoms with Crippen molar-refractivity contribution in [2.24, 2.45) is 0 Å². The maximum absolute atomic E-state index is 11.4. The van der Waals surface area contributed by atoms with Crippen LogP contribution in [0.15, 0.2) is 38.8 Å². The predicted molar refractivity (Wildman–Crippen MR) is 80.7 cm³/mol. The van der Waals surface area contributed by atoms with Crippen LogP contribution in [0.1, 0.15) is 13.3 Å². The molecule has 0 aliphatic carbocycles. The highest BCUT2D eigenvalue weighted by Gasteiger charge is 2.06. The number of hydrogen-bond donors (Lipinski definition) is 1. The lowest BCUT2D eigenvalue weighted by Gasteiger charge is -2.08. The van der Waals surface area contributed by atoms with Crippen molar-refractivity contribution in [3.63, 3.8) is 0 Å². The molecule has 0 saturated heterocycles. The number of esters is 1. The molecule has 0 spiro atoms. The first kappa shape index (κ1) is 15.2. The number of halogens is 2. The highest BCUT2D eigenvalue weighted by molar-refractivity contribution is 9.11. The summed E-state index contributed by atoms with van der Waals surface area (Å²) in [6.07, 6.45) is 2.51. The number of methoxy groups -OCH3 is 1. The van der Waals surface area contributed by atoms with Gasteiger partial charge in [0, 0.05) is 26.8 Å². The molecular formula is C13H15Br2NO2. The molecule has 18 heavy (non-hydrogen) atoms. The Labute approximate surface area is 124 Å². The second-order valence-corrected chi connectivity index (χ2v) is 5.35. The summed E-state index contributed by atoms with van der Waals surface area (Å²) in [5.74, 6) is -0.271. The molecule has 0 aliphatic heterocycles. The third-order valence-corrected chi connectivity index (χ3v) is 3.58. The van der Waals surface area contributed by atoms with E-state index in [1.807, 2.05) is 31.2 Å². The van der Waals surface area contributed by atoms with Crippen LogP contribution in [0, 0.1) is 0 Å². The van der Waals surface area contributed by atoms with Crippen molar-refractivity contribution in [3.05, 3.63) is 38.8 Å². The van der Waals surface area contributed by atoms with Crippen molar-refractivity contribution in [1.29, 1.82) is 0 Å². The summed E-state index contributed by atoms with van der Waals surface area (Å²) < 4.78 is 6.68. The molecule has 5 heteroatoms. The lowest BCUT2D eigenvalue weighted by molar-refractivity contribution is -0.136. The molecule has 0 amide bonds. The lowest BCUT2D eigenvalue weighted by atomic mass is 10.2. The van der Waals surface area contributed by atoms with E-state index in [0.717, 1.165) is 14.6 Å². The average molecular weight is 377 g/mol. The van der Waals surface area contributed by atoms with E-state index in [0.29, 0.717) is 18.5 Å². The summed E-state index contributed by atoms with van der Waals surface area (Å²) in [7, 11) is 1.39. The van der Waals surface area contributed by atoms with Gasteiger partial charge in [-0.2, -0.15) is 0 Å². The van der Waals surface area contributed by atoms with E-state index in [4.69, 9.17) is 4.74 Å². The molecular weight excluding hydrogens is 362 g/mol. The summed E-state index contributed by atoms with van der Waals surface area (Å²) >= 11 is 6.88. The molecule has 1 aromatic carbocycles. The fourth-order valence-corrected chi connectivity index (χ4v) is 2.17. The van der Waals surface area contributed by atoms with Crippen molar-refractivity contribution in [2.75, 3.05) is 19.0 Å². The molecule has 0 unspecified atom stereocenters. The second kappa shape index (κ2) is 7.59. The molecule has 1 aromatic rings. The van der Waals surface area contributed by atoms with Crippen molar-refractivity contribution < 1.29 is 9.53 Å². The summed E-state index contributed by atoms with van der Waals surface area (Å²) in [6, 6.07) is 5.88. The van der Waals surface area contributed by atoms with Gasteiger partial charge in [-0.05, 0) is 40.5 Å². The Hall–Kier alpha value is -0.810. The Morgan fingerprint density at radius 3 is 2.78 bits per heavy atom. The molecule has 0 atom stereocenters. The van der Waals surface area contributed by atoms with Crippen LogP contribution in [0.25, 0.3) is 0 Å². The second-order valence-electron chi connectivity index (χ2n) is 3.58. The lowest BCUT2D eigenvalue weighted by Crippen LogP contribution is -2.07. The highest BCUT2D eigenvalue weighted by atomic mass is 79.9. The van der Waals surface area contributed by atoms with Crippen molar-refractivity contribution >= 4 is 43.5 Å². The van der Waals surface area contributed by atoms with Gasteiger partial charge in [-0.15, -0.1) is 0 Å². The number of benzene rings is 1. The van der Waals surface area contributed by atoms with Crippen LogP contribution in [0.3, 0.4) is 0 Å². The van der Waals surface area contributed by atoms with Gasteiger partial charge in [0.15, 0.2) is 0 Å². The molecule has 98 valence electrons. The van der Waals surface area contributed by atoms with Crippen molar-refractivity contribution in [2.45, 2.75) is 13.3 Å². The molecule has 0 saturated carbocycles. The zero-order chi connectivity index (χ0) is 13.5. The third-order valence-electron chi connectivity index (χ3n) is 2.40. The van der Waals surface area contributed by atoms with Crippen molar-refractivity contribution in [1.82, 2.24) is 0 Å². The van der Waals surface area contributed by atoms with Gasteiger partial charge >= 0.3 is 5.97 Å².